The van der Waals surface area contributed by atoms with Crippen LogP contribution >= 0.6 is 0 Å². The molecule has 4 saturated heterocycles. The van der Waals surface area contributed by atoms with Gasteiger partial charge in [-0.05, 0) is 12.1 Å². The van der Waals surface area contributed by atoms with E-state index in [1.807, 2.05) is 24.4 Å². The first-order valence-electron chi connectivity index (χ1n) is 7.45. The van der Waals surface area contributed by atoms with Crippen molar-refractivity contribution in [3.05, 3.63) is 29.8 Å². The number of rotatable bonds is 3. The lowest BCUT2D eigenvalue weighted by Gasteiger charge is -2.50. The Bertz CT molecular complexity index is 507. The lowest BCUT2D eigenvalue weighted by Crippen LogP contribution is -3.56. The van der Waals surface area contributed by atoms with Crippen molar-refractivity contribution in [2.45, 2.75) is 5.54 Å². The van der Waals surface area contributed by atoms with Crippen molar-refractivity contribution in [3.8, 4) is 5.75 Å². The zero-order valence-corrected chi connectivity index (χ0v) is 12.0. The van der Waals surface area contributed by atoms with Gasteiger partial charge in [0.25, 0.3) is 0 Å². The van der Waals surface area contributed by atoms with Gasteiger partial charge in [-0.1, -0.05) is 12.1 Å². The quantitative estimate of drug-likeness (QED) is 0.490. The Morgan fingerprint density at radius 3 is 2.25 bits per heavy atom. The average molecular weight is 275 g/mol. The zero-order valence-electron chi connectivity index (χ0n) is 12.0. The largest absolute Gasteiger partial charge is 0.496 e. The Hall–Kier alpha value is -1.43. The topological polar surface area (TPSA) is 34.9 Å². The third-order valence-corrected chi connectivity index (χ3v) is 4.85. The summed E-state index contributed by atoms with van der Waals surface area (Å²) in [5.74, 6) is 0.911. The highest BCUT2D eigenvalue weighted by Crippen LogP contribution is 2.16. The molecule has 4 bridgehead atoms. The van der Waals surface area contributed by atoms with E-state index in [2.05, 4.69) is 6.07 Å². The van der Waals surface area contributed by atoms with Crippen LogP contribution in [0.5, 0.6) is 5.75 Å². The van der Waals surface area contributed by atoms with E-state index in [-0.39, 0.29) is 5.54 Å². The van der Waals surface area contributed by atoms with Crippen LogP contribution in [0, 0.1) is 0 Å². The van der Waals surface area contributed by atoms with Gasteiger partial charge in [-0.3, -0.25) is 4.99 Å². The normalized spacial score (nSPS) is 38.5. The van der Waals surface area contributed by atoms with Crippen molar-refractivity contribution in [1.29, 1.82) is 0 Å². The first-order chi connectivity index (χ1) is 9.76. The van der Waals surface area contributed by atoms with Gasteiger partial charge < -0.3 is 4.74 Å². The van der Waals surface area contributed by atoms with Gasteiger partial charge in [-0.25, -0.2) is 14.7 Å². The highest BCUT2D eigenvalue weighted by atomic mass is 16.5. The van der Waals surface area contributed by atoms with Crippen LogP contribution in [-0.2, 0) is 0 Å². The molecule has 5 rings (SSSR count). The molecule has 0 saturated carbocycles. The van der Waals surface area contributed by atoms with Gasteiger partial charge >= 0.3 is 0 Å². The van der Waals surface area contributed by atoms with E-state index in [9.17, 15) is 0 Å². The standard InChI is InChI=1S/C15H20N4O/c1-20-14-5-3-2-4-13(14)6-16-15-7-17-10-18(8-15)12-19(9-15)11-17/h2-6H,7-12H2,1H3/p+3. The molecular weight excluding hydrogens is 252 g/mol. The second kappa shape index (κ2) is 4.55. The molecule has 0 aliphatic carbocycles. The van der Waals surface area contributed by atoms with Crippen LogP contribution in [0.25, 0.3) is 0 Å². The molecule has 0 radical (unpaired) electrons. The lowest BCUT2D eigenvalue weighted by atomic mass is 9.91. The average Bonchev–Trinajstić information content (AvgIpc) is 2.44. The third kappa shape index (κ3) is 2.02. The molecular formula is C15H23N4O+3. The van der Waals surface area contributed by atoms with Crippen LogP contribution in [0.4, 0.5) is 0 Å². The molecule has 4 aliphatic rings. The minimum atomic E-state index is 0.148. The summed E-state index contributed by atoms with van der Waals surface area (Å²) in [5.41, 5.74) is 1.24. The molecule has 0 aromatic heterocycles. The Balaban J connectivity index is 1.60. The van der Waals surface area contributed by atoms with E-state index in [4.69, 9.17) is 9.73 Å². The number of ether oxygens (including phenoxy) is 1. The smallest absolute Gasteiger partial charge is 0.213 e. The monoisotopic (exact) mass is 275 g/mol. The summed E-state index contributed by atoms with van der Waals surface area (Å²) >= 11 is 0. The molecule has 3 N–H and O–H groups in total. The SMILES string of the molecule is COc1ccccc1C=NC12C[NH+]3C[NH+](C[NH+](C3)C1)C2. The molecule has 5 heteroatoms. The molecule has 106 valence electrons. The van der Waals surface area contributed by atoms with E-state index in [1.165, 1.54) is 39.6 Å². The van der Waals surface area contributed by atoms with E-state index < -0.39 is 0 Å². The summed E-state index contributed by atoms with van der Waals surface area (Å²) in [6.07, 6.45) is 2.04. The number of hydrogen-bond donors (Lipinski definition) is 3. The van der Waals surface area contributed by atoms with Crippen molar-refractivity contribution in [3.63, 3.8) is 0 Å². The van der Waals surface area contributed by atoms with Crippen LogP contribution in [0.15, 0.2) is 29.3 Å². The summed E-state index contributed by atoms with van der Waals surface area (Å²) in [7, 11) is 1.72. The Morgan fingerprint density at radius 2 is 1.65 bits per heavy atom. The molecule has 1 aromatic carbocycles. The molecule has 0 atom stereocenters. The molecule has 4 aliphatic heterocycles. The van der Waals surface area contributed by atoms with Crippen LogP contribution in [0.3, 0.4) is 0 Å². The van der Waals surface area contributed by atoms with Gasteiger partial charge in [0.2, 0.25) is 25.5 Å². The van der Waals surface area contributed by atoms with Gasteiger partial charge in [-0.15, -0.1) is 0 Å². The Morgan fingerprint density at radius 1 is 1.05 bits per heavy atom. The van der Waals surface area contributed by atoms with Crippen molar-refractivity contribution in [2.75, 3.05) is 46.8 Å². The van der Waals surface area contributed by atoms with Crippen LogP contribution < -0.4 is 19.4 Å². The number of para-hydroxylation sites is 1. The van der Waals surface area contributed by atoms with E-state index >= 15 is 0 Å². The highest BCUT2D eigenvalue weighted by Gasteiger charge is 2.57. The molecule has 20 heavy (non-hydrogen) atoms. The van der Waals surface area contributed by atoms with E-state index in [1.54, 1.807) is 21.8 Å². The molecule has 0 spiro atoms. The number of quaternary nitrogens is 3. The fourth-order valence-electron chi connectivity index (χ4n) is 4.32. The van der Waals surface area contributed by atoms with E-state index in [0.29, 0.717) is 0 Å². The van der Waals surface area contributed by atoms with E-state index in [0.717, 1.165) is 11.3 Å². The van der Waals surface area contributed by atoms with Crippen LogP contribution in [-0.4, -0.2) is 58.5 Å². The first-order valence-corrected chi connectivity index (χ1v) is 7.45. The molecule has 5 nitrogen and oxygen atoms in total. The van der Waals surface area contributed by atoms with Crippen molar-refractivity contribution < 1.29 is 19.4 Å². The van der Waals surface area contributed by atoms with Crippen molar-refractivity contribution in [1.82, 2.24) is 0 Å². The second-order valence-corrected chi connectivity index (χ2v) is 6.54. The van der Waals surface area contributed by atoms with Gasteiger partial charge in [0.05, 0.1) is 7.11 Å². The maximum Gasteiger partial charge on any atom is 0.213 e. The lowest BCUT2D eigenvalue weighted by molar-refractivity contribution is -1.29. The number of nitrogens with zero attached hydrogens (tertiary/aromatic N) is 1. The summed E-state index contributed by atoms with van der Waals surface area (Å²) in [5, 5.41) is 0. The minimum absolute atomic E-state index is 0.148. The number of methoxy groups -OCH3 is 1. The van der Waals surface area contributed by atoms with Crippen LogP contribution in [0.2, 0.25) is 0 Å². The maximum absolute atomic E-state index is 5.41. The molecule has 1 aromatic rings. The van der Waals surface area contributed by atoms with Gasteiger partial charge in [0.1, 0.15) is 25.4 Å². The Labute approximate surface area is 119 Å². The Kier molecular flexibility index (Phi) is 2.80. The van der Waals surface area contributed by atoms with Crippen LogP contribution in [0.1, 0.15) is 5.56 Å². The highest BCUT2D eigenvalue weighted by molar-refractivity contribution is 5.83. The number of nitrogens with one attached hydrogen (secondary N) is 3. The fraction of sp³-hybridized carbons (Fsp3) is 0.533. The van der Waals surface area contributed by atoms with Crippen molar-refractivity contribution >= 4 is 6.21 Å². The van der Waals surface area contributed by atoms with Crippen molar-refractivity contribution in [2.24, 2.45) is 4.99 Å². The maximum atomic E-state index is 5.41. The minimum Gasteiger partial charge on any atom is -0.496 e. The first kappa shape index (κ1) is 12.3. The zero-order chi connectivity index (χ0) is 13.6. The number of aliphatic imine (C=N–C) groups is 1. The predicted octanol–water partition coefficient (Wildman–Crippen LogP) is -3.58. The van der Waals surface area contributed by atoms with Gasteiger partial charge in [0, 0.05) is 11.8 Å². The van der Waals surface area contributed by atoms with Gasteiger partial charge in [-0.2, -0.15) is 0 Å². The van der Waals surface area contributed by atoms with Gasteiger partial charge in [0.15, 0.2) is 0 Å². The summed E-state index contributed by atoms with van der Waals surface area (Å²) in [6.45, 7) is 7.46. The summed E-state index contributed by atoms with van der Waals surface area (Å²) in [4.78, 5) is 10.2. The second-order valence-electron chi connectivity index (χ2n) is 6.54. The predicted molar refractivity (Wildman–Crippen MR) is 75.4 cm³/mol. The molecule has 4 fully saturated rings. The number of hydrogen-bond acceptors (Lipinski definition) is 2. The number of benzene rings is 1. The molecule has 0 unspecified atom stereocenters. The molecule has 0 amide bonds. The summed E-state index contributed by atoms with van der Waals surface area (Å²) in [6, 6.07) is 8.12. The fourth-order valence-corrected chi connectivity index (χ4v) is 4.32. The molecule has 4 heterocycles. The third-order valence-electron chi connectivity index (χ3n) is 4.85. The summed E-state index contributed by atoms with van der Waals surface area (Å²) < 4.78 is 5.41.